The summed E-state index contributed by atoms with van der Waals surface area (Å²) in [6.07, 6.45) is 0.886. The van der Waals surface area contributed by atoms with E-state index in [-0.39, 0.29) is 5.91 Å². The highest BCUT2D eigenvalue weighted by Gasteiger charge is 2.19. The Morgan fingerprint density at radius 2 is 1.93 bits per heavy atom. The third kappa shape index (κ3) is 6.15. The van der Waals surface area contributed by atoms with Crippen LogP contribution in [0.4, 0.5) is 11.8 Å². The van der Waals surface area contributed by atoms with Crippen LogP contribution >= 0.6 is 0 Å². The lowest BCUT2D eigenvalue weighted by molar-refractivity contribution is 0.0944. The SMILES string of the molecule is CC(C)CNC(=O)c1cc(N2CCOCC2)nc(N(C)CCc2ccccc2)n1. The predicted molar refractivity (Wildman–Crippen MR) is 116 cm³/mol. The van der Waals surface area contributed by atoms with Crippen LogP contribution in [0.25, 0.3) is 0 Å². The Morgan fingerprint density at radius 1 is 1.21 bits per heavy atom. The van der Waals surface area contributed by atoms with Crippen LogP contribution in [0.3, 0.4) is 0 Å². The Labute approximate surface area is 173 Å². The van der Waals surface area contributed by atoms with Crippen LogP contribution in [0, 0.1) is 5.92 Å². The van der Waals surface area contributed by atoms with E-state index < -0.39 is 0 Å². The first-order chi connectivity index (χ1) is 14.0. The summed E-state index contributed by atoms with van der Waals surface area (Å²) in [6.45, 7) is 8.38. The van der Waals surface area contributed by atoms with Crippen molar-refractivity contribution in [2.45, 2.75) is 20.3 Å². The van der Waals surface area contributed by atoms with Crippen molar-refractivity contribution in [3.05, 3.63) is 47.7 Å². The normalized spacial score (nSPS) is 14.1. The van der Waals surface area contributed by atoms with Gasteiger partial charge >= 0.3 is 0 Å². The first kappa shape index (κ1) is 21.0. The molecule has 2 heterocycles. The fourth-order valence-corrected chi connectivity index (χ4v) is 3.09. The first-order valence-corrected chi connectivity index (χ1v) is 10.3. The monoisotopic (exact) mass is 397 g/mol. The number of nitrogens with one attached hydrogen (secondary N) is 1. The molecule has 1 saturated heterocycles. The lowest BCUT2D eigenvalue weighted by Gasteiger charge is -2.29. The largest absolute Gasteiger partial charge is 0.378 e. The van der Waals surface area contributed by atoms with Crippen molar-refractivity contribution >= 4 is 17.7 Å². The van der Waals surface area contributed by atoms with Crippen molar-refractivity contribution in [2.75, 3.05) is 56.2 Å². The van der Waals surface area contributed by atoms with E-state index >= 15 is 0 Å². The summed E-state index contributed by atoms with van der Waals surface area (Å²) in [5, 5.41) is 2.96. The lowest BCUT2D eigenvalue weighted by Crippen LogP contribution is -2.38. The van der Waals surface area contributed by atoms with Gasteiger partial charge < -0.3 is 19.9 Å². The van der Waals surface area contributed by atoms with Crippen LogP contribution < -0.4 is 15.1 Å². The number of morpholine rings is 1. The minimum atomic E-state index is -0.159. The molecule has 0 radical (unpaired) electrons. The zero-order valence-corrected chi connectivity index (χ0v) is 17.6. The molecule has 0 aliphatic carbocycles. The molecule has 1 aromatic heterocycles. The van der Waals surface area contributed by atoms with Gasteiger partial charge in [-0.05, 0) is 17.9 Å². The van der Waals surface area contributed by atoms with Crippen LogP contribution in [-0.4, -0.2) is 62.3 Å². The Bertz CT molecular complexity index is 791. The summed E-state index contributed by atoms with van der Waals surface area (Å²) in [7, 11) is 1.97. The maximum absolute atomic E-state index is 12.7. The quantitative estimate of drug-likeness (QED) is 0.738. The summed E-state index contributed by atoms with van der Waals surface area (Å²) in [5.74, 6) is 1.57. The number of aromatic nitrogens is 2. The molecule has 1 N–H and O–H groups in total. The number of nitrogens with zero attached hydrogens (tertiary/aromatic N) is 4. The van der Waals surface area contributed by atoms with E-state index in [1.807, 2.05) is 30.1 Å². The van der Waals surface area contributed by atoms with Gasteiger partial charge in [0.25, 0.3) is 5.91 Å². The van der Waals surface area contributed by atoms with E-state index in [4.69, 9.17) is 9.72 Å². The number of ether oxygens (including phenoxy) is 1. The number of likely N-dealkylation sites (N-methyl/N-ethyl adjacent to an activating group) is 1. The molecule has 1 amide bonds. The van der Waals surface area contributed by atoms with Gasteiger partial charge in [0.2, 0.25) is 5.95 Å². The molecule has 1 aliphatic heterocycles. The van der Waals surface area contributed by atoms with Crippen LogP contribution in [0.15, 0.2) is 36.4 Å². The first-order valence-electron chi connectivity index (χ1n) is 10.3. The van der Waals surface area contributed by atoms with E-state index in [1.165, 1.54) is 5.56 Å². The van der Waals surface area contributed by atoms with Gasteiger partial charge in [0, 0.05) is 39.3 Å². The number of amides is 1. The second-order valence-electron chi connectivity index (χ2n) is 7.77. The van der Waals surface area contributed by atoms with Crippen LogP contribution in [0.2, 0.25) is 0 Å². The van der Waals surface area contributed by atoms with Gasteiger partial charge in [-0.15, -0.1) is 0 Å². The number of rotatable bonds is 8. The molecule has 0 unspecified atom stereocenters. The topological polar surface area (TPSA) is 70.6 Å². The smallest absolute Gasteiger partial charge is 0.270 e. The fraction of sp³-hybridized carbons (Fsp3) is 0.500. The molecule has 29 heavy (non-hydrogen) atoms. The van der Waals surface area contributed by atoms with Gasteiger partial charge in [0.1, 0.15) is 11.5 Å². The van der Waals surface area contributed by atoms with Crippen molar-refractivity contribution in [3.63, 3.8) is 0 Å². The molecule has 3 rings (SSSR count). The molecule has 1 fully saturated rings. The summed E-state index contributed by atoms with van der Waals surface area (Å²) in [6, 6.07) is 12.1. The van der Waals surface area contributed by atoms with E-state index in [0.717, 1.165) is 31.9 Å². The highest BCUT2D eigenvalue weighted by atomic mass is 16.5. The average molecular weight is 398 g/mol. The van der Waals surface area contributed by atoms with E-state index in [0.29, 0.717) is 37.3 Å². The van der Waals surface area contributed by atoms with Gasteiger partial charge in [-0.1, -0.05) is 44.2 Å². The number of benzene rings is 1. The highest BCUT2D eigenvalue weighted by Crippen LogP contribution is 2.19. The zero-order chi connectivity index (χ0) is 20.6. The third-order valence-corrected chi connectivity index (χ3v) is 4.86. The molecular weight excluding hydrogens is 366 g/mol. The van der Waals surface area contributed by atoms with Crippen molar-refractivity contribution < 1.29 is 9.53 Å². The predicted octanol–water partition coefficient (Wildman–Crippen LogP) is 2.38. The number of carbonyl (C=O) groups excluding carboxylic acids is 1. The van der Waals surface area contributed by atoms with Crippen LogP contribution in [-0.2, 0) is 11.2 Å². The number of hydrogen-bond acceptors (Lipinski definition) is 6. The molecule has 0 atom stereocenters. The third-order valence-electron chi connectivity index (χ3n) is 4.86. The van der Waals surface area contributed by atoms with E-state index in [1.54, 1.807) is 6.07 Å². The highest BCUT2D eigenvalue weighted by molar-refractivity contribution is 5.93. The molecular formula is C22H31N5O2. The van der Waals surface area contributed by atoms with Crippen molar-refractivity contribution in [1.29, 1.82) is 0 Å². The fourth-order valence-electron chi connectivity index (χ4n) is 3.09. The molecule has 1 aliphatic rings. The molecule has 0 spiro atoms. The van der Waals surface area contributed by atoms with Crippen LogP contribution in [0.1, 0.15) is 29.9 Å². The van der Waals surface area contributed by atoms with E-state index in [2.05, 4.69) is 41.2 Å². The van der Waals surface area contributed by atoms with Crippen LogP contribution in [0.5, 0.6) is 0 Å². The van der Waals surface area contributed by atoms with Gasteiger partial charge in [0.15, 0.2) is 0 Å². The molecule has 1 aromatic carbocycles. The Hall–Kier alpha value is -2.67. The van der Waals surface area contributed by atoms with Gasteiger partial charge in [-0.2, -0.15) is 4.98 Å². The van der Waals surface area contributed by atoms with Crippen molar-refractivity contribution in [1.82, 2.24) is 15.3 Å². The molecule has 0 saturated carbocycles. The van der Waals surface area contributed by atoms with Crippen molar-refractivity contribution in [3.8, 4) is 0 Å². The Morgan fingerprint density at radius 3 is 2.62 bits per heavy atom. The average Bonchev–Trinajstić information content (AvgIpc) is 2.76. The summed E-state index contributed by atoms with van der Waals surface area (Å²) in [4.78, 5) is 26.2. The number of carbonyl (C=O) groups is 1. The maximum Gasteiger partial charge on any atom is 0.270 e. The summed E-state index contributed by atoms with van der Waals surface area (Å²) >= 11 is 0. The lowest BCUT2D eigenvalue weighted by atomic mass is 10.1. The van der Waals surface area contributed by atoms with E-state index in [9.17, 15) is 4.79 Å². The summed E-state index contributed by atoms with van der Waals surface area (Å²) < 4.78 is 5.45. The summed E-state index contributed by atoms with van der Waals surface area (Å²) in [5.41, 5.74) is 1.67. The number of hydrogen-bond donors (Lipinski definition) is 1. The molecule has 2 aromatic rings. The minimum absolute atomic E-state index is 0.159. The van der Waals surface area contributed by atoms with Gasteiger partial charge in [-0.25, -0.2) is 4.98 Å². The van der Waals surface area contributed by atoms with Gasteiger partial charge in [0.05, 0.1) is 13.2 Å². The standard InChI is InChI=1S/C22H31N5O2/c1-17(2)16-23-21(28)19-15-20(27-11-13-29-14-12-27)25-22(24-19)26(3)10-9-18-7-5-4-6-8-18/h4-8,15,17H,9-14,16H2,1-3H3,(H,23,28). The molecule has 7 nitrogen and oxygen atoms in total. The Balaban J connectivity index is 1.79. The Kier molecular flexibility index (Phi) is 7.41. The minimum Gasteiger partial charge on any atom is -0.378 e. The van der Waals surface area contributed by atoms with Crippen molar-refractivity contribution in [2.24, 2.45) is 5.92 Å². The molecule has 7 heteroatoms. The molecule has 156 valence electrons. The molecule has 0 bridgehead atoms. The number of anilines is 2. The maximum atomic E-state index is 12.7. The second-order valence-corrected chi connectivity index (χ2v) is 7.77. The van der Waals surface area contributed by atoms with Gasteiger partial charge in [-0.3, -0.25) is 4.79 Å². The second kappa shape index (κ2) is 10.2. The zero-order valence-electron chi connectivity index (χ0n) is 17.6.